The molecule has 0 heterocycles. The quantitative estimate of drug-likeness (QED) is 0.467. The molecule has 0 aliphatic carbocycles. The number of nitrogens with one attached hydrogen (secondary N) is 1. The molecule has 0 radical (unpaired) electrons. The molecular formula is C12H16N2OS. The van der Waals surface area contributed by atoms with E-state index in [1.54, 1.807) is 6.08 Å². The summed E-state index contributed by atoms with van der Waals surface area (Å²) in [6.45, 7) is 5.90. The van der Waals surface area contributed by atoms with Crippen molar-refractivity contribution in [2.45, 2.75) is 17.1 Å². The van der Waals surface area contributed by atoms with Gasteiger partial charge in [0.1, 0.15) is 0 Å². The van der Waals surface area contributed by atoms with E-state index in [0.717, 1.165) is 4.90 Å². The molecule has 0 bridgehead atoms. The van der Waals surface area contributed by atoms with Gasteiger partial charge in [-0.15, -0.1) is 18.3 Å². The summed E-state index contributed by atoms with van der Waals surface area (Å²) in [5.74, 6) is -0.00634. The Bertz CT molecular complexity index is 379. The van der Waals surface area contributed by atoms with Gasteiger partial charge in [-0.2, -0.15) is 0 Å². The van der Waals surface area contributed by atoms with Crippen molar-refractivity contribution in [3.05, 3.63) is 36.9 Å². The third-order valence-corrected chi connectivity index (χ3v) is 3.21. The lowest BCUT2D eigenvalue weighted by Crippen LogP contribution is -2.30. The fourth-order valence-electron chi connectivity index (χ4n) is 1.15. The third kappa shape index (κ3) is 3.62. The molecule has 0 aromatic heterocycles. The highest BCUT2D eigenvalue weighted by molar-refractivity contribution is 8.00. The van der Waals surface area contributed by atoms with E-state index in [2.05, 4.69) is 11.9 Å². The molecule has 4 heteroatoms. The minimum Gasteiger partial charge on any atom is -0.398 e. The number of nitrogen functional groups attached to an aromatic ring is 1. The van der Waals surface area contributed by atoms with Crippen molar-refractivity contribution in [3.63, 3.8) is 0 Å². The maximum atomic E-state index is 11.6. The Morgan fingerprint density at radius 1 is 1.62 bits per heavy atom. The molecular weight excluding hydrogens is 220 g/mol. The number of thioether (sulfide) groups is 1. The predicted molar refractivity (Wildman–Crippen MR) is 69.4 cm³/mol. The number of para-hydroxylation sites is 1. The highest BCUT2D eigenvalue weighted by atomic mass is 32.2. The number of carbonyl (C=O) groups excluding carboxylic acids is 1. The summed E-state index contributed by atoms with van der Waals surface area (Å²) in [5.41, 5.74) is 6.50. The standard InChI is InChI=1S/C12H16N2OS/c1-3-8-14-12(15)9(2)16-11-7-5-4-6-10(11)13/h3-7,9H,1,8,13H2,2H3,(H,14,15). The molecule has 0 aliphatic rings. The van der Waals surface area contributed by atoms with Gasteiger partial charge >= 0.3 is 0 Å². The van der Waals surface area contributed by atoms with Crippen molar-refractivity contribution in [2.24, 2.45) is 0 Å². The molecule has 0 saturated heterocycles. The molecule has 3 nitrogen and oxygen atoms in total. The van der Waals surface area contributed by atoms with Crippen molar-refractivity contribution < 1.29 is 4.79 Å². The van der Waals surface area contributed by atoms with Crippen LogP contribution in [0.3, 0.4) is 0 Å². The van der Waals surface area contributed by atoms with Crippen LogP contribution in [0.15, 0.2) is 41.8 Å². The molecule has 1 unspecified atom stereocenters. The highest BCUT2D eigenvalue weighted by Crippen LogP contribution is 2.28. The van der Waals surface area contributed by atoms with E-state index in [1.165, 1.54) is 11.8 Å². The van der Waals surface area contributed by atoms with Crippen LogP contribution in [-0.4, -0.2) is 17.7 Å². The first-order chi connectivity index (χ1) is 7.65. The molecule has 0 saturated carbocycles. The first kappa shape index (κ1) is 12.6. The monoisotopic (exact) mass is 236 g/mol. The molecule has 0 spiro atoms. The Balaban J connectivity index is 2.57. The first-order valence-corrected chi connectivity index (χ1v) is 5.93. The summed E-state index contributed by atoms with van der Waals surface area (Å²) in [6.07, 6.45) is 1.66. The number of hydrogen-bond donors (Lipinski definition) is 2. The van der Waals surface area contributed by atoms with Crippen molar-refractivity contribution in [2.75, 3.05) is 12.3 Å². The van der Waals surface area contributed by atoms with Gasteiger partial charge < -0.3 is 11.1 Å². The van der Waals surface area contributed by atoms with Crippen LogP contribution in [0.25, 0.3) is 0 Å². The molecule has 1 amide bonds. The Morgan fingerprint density at radius 2 is 2.31 bits per heavy atom. The minimum absolute atomic E-state index is 0.00634. The summed E-state index contributed by atoms with van der Waals surface area (Å²) < 4.78 is 0. The SMILES string of the molecule is C=CCNC(=O)C(C)Sc1ccccc1N. The number of benzene rings is 1. The summed E-state index contributed by atoms with van der Waals surface area (Å²) in [6, 6.07) is 7.53. The summed E-state index contributed by atoms with van der Waals surface area (Å²) in [4.78, 5) is 12.5. The second-order valence-electron chi connectivity index (χ2n) is 3.33. The average Bonchev–Trinajstić information content (AvgIpc) is 2.28. The zero-order chi connectivity index (χ0) is 12.0. The van der Waals surface area contributed by atoms with Crippen molar-refractivity contribution in [3.8, 4) is 0 Å². The van der Waals surface area contributed by atoms with Gasteiger partial charge in [0.15, 0.2) is 0 Å². The molecule has 1 aromatic rings. The van der Waals surface area contributed by atoms with Gasteiger partial charge in [0.05, 0.1) is 5.25 Å². The summed E-state index contributed by atoms with van der Waals surface area (Å²) in [7, 11) is 0. The number of hydrogen-bond acceptors (Lipinski definition) is 3. The van der Waals surface area contributed by atoms with Crippen LogP contribution in [-0.2, 0) is 4.79 Å². The Hall–Kier alpha value is -1.42. The van der Waals surface area contributed by atoms with E-state index in [9.17, 15) is 4.79 Å². The van der Waals surface area contributed by atoms with E-state index in [0.29, 0.717) is 12.2 Å². The van der Waals surface area contributed by atoms with Crippen molar-refractivity contribution >= 4 is 23.4 Å². The zero-order valence-corrected chi connectivity index (χ0v) is 10.1. The van der Waals surface area contributed by atoms with Gasteiger partial charge in [0.2, 0.25) is 5.91 Å². The van der Waals surface area contributed by atoms with Crippen LogP contribution in [0, 0.1) is 0 Å². The number of anilines is 1. The van der Waals surface area contributed by atoms with Crippen LogP contribution in [0.5, 0.6) is 0 Å². The number of carbonyl (C=O) groups is 1. The second-order valence-corrected chi connectivity index (χ2v) is 4.71. The van der Waals surface area contributed by atoms with E-state index in [4.69, 9.17) is 5.73 Å². The molecule has 86 valence electrons. The smallest absolute Gasteiger partial charge is 0.233 e. The molecule has 3 N–H and O–H groups in total. The average molecular weight is 236 g/mol. The number of nitrogens with two attached hydrogens (primary N) is 1. The van der Waals surface area contributed by atoms with Crippen LogP contribution >= 0.6 is 11.8 Å². The van der Waals surface area contributed by atoms with Gasteiger partial charge in [-0.05, 0) is 19.1 Å². The van der Waals surface area contributed by atoms with Crippen LogP contribution in [0.1, 0.15) is 6.92 Å². The molecule has 1 rings (SSSR count). The maximum Gasteiger partial charge on any atom is 0.233 e. The van der Waals surface area contributed by atoms with E-state index >= 15 is 0 Å². The van der Waals surface area contributed by atoms with Gasteiger partial charge in [0.25, 0.3) is 0 Å². The normalized spacial score (nSPS) is 11.8. The minimum atomic E-state index is -0.162. The van der Waals surface area contributed by atoms with Gasteiger partial charge in [0, 0.05) is 17.1 Å². The number of rotatable bonds is 5. The topological polar surface area (TPSA) is 55.1 Å². The molecule has 0 aliphatic heterocycles. The first-order valence-electron chi connectivity index (χ1n) is 5.05. The molecule has 1 aromatic carbocycles. The summed E-state index contributed by atoms with van der Waals surface area (Å²) >= 11 is 1.46. The Morgan fingerprint density at radius 3 is 2.94 bits per heavy atom. The molecule has 16 heavy (non-hydrogen) atoms. The third-order valence-electron chi connectivity index (χ3n) is 2.01. The van der Waals surface area contributed by atoms with Crippen LogP contribution in [0.2, 0.25) is 0 Å². The highest BCUT2D eigenvalue weighted by Gasteiger charge is 2.14. The Labute approximate surface area is 100 Å². The predicted octanol–water partition coefficient (Wildman–Crippen LogP) is 2.05. The lowest BCUT2D eigenvalue weighted by Gasteiger charge is -2.12. The lowest BCUT2D eigenvalue weighted by molar-refractivity contribution is -0.120. The fourth-order valence-corrected chi connectivity index (χ4v) is 2.08. The van der Waals surface area contributed by atoms with E-state index < -0.39 is 0 Å². The molecule has 0 fully saturated rings. The maximum absolute atomic E-state index is 11.6. The van der Waals surface area contributed by atoms with Gasteiger partial charge in [-0.1, -0.05) is 18.2 Å². The Kier molecular flexibility index (Phi) is 4.92. The van der Waals surface area contributed by atoms with Crippen LogP contribution in [0.4, 0.5) is 5.69 Å². The number of amides is 1. The molecule has 1 atom stereocenters. The van der Waals surface area contributed by atoms with E-state index in [-0.39, 0.29) is 11.2 Å². The lowest BCUT2D eigenvalue weighted by atomic mass is 10.3. The van der Waals surface area contributed by atoms with E-state index in [1.807, 2.05) is 31.2 Å². The van der Waals surface area contributed by atoms with Crippen molar-refractivity contribution in [1.29, 1.82) is 0 Å². The second kappa shape index (κ2) is 6.23. The largest absolute Gasteiger partial charge is 0.398 e. The van der Waals surface area contributed by atoms with Gasteiger partial charge in [-0.25, -0.2) is 0 Å². The zero-order valence-electron chi connectivity index (χ0n) is 9.27. The van der Waals surface area contributed by atoms with Crippen LogP contribution < -0.4 is 11.1 Å². The van der Waals surface area contributed by atoms with Crippen molar-refractivity contribution in [1.82, 2.24) is 5.32 Å². The van der Waals surface area contributed by atoms with Gasteiger partial charge in [-0.3, -0.25) is 4.79 Å². The fraction of sp³-hybridized carbons (Fsp3) is 0.250. The summed E-state index contributed by atoms with van der Waals surface area (Å²) in [5, 5.41) is 2.59.